The number of hydrogen-bond acceptors (Lipinski definition) is 5. The third-order valence-corrected chi connectivity index (χ3v) is 4.41. The molecule has 6 nitrogen and oxygen atoms in total. The van der Waals surface area contributed by atoms with Gasteiger partial charge in [-0.1, -0.05) is 23.2 Å². The Bertz CT molecular complexity index is 1090. The SMILES string of the molecule is CC(=O)Oc1c(O)c2ccc(Oc3ccc(Cl)c(Cl)c3)cc2n(C)c1=O. The monoisotopic (exact) mass is 393 g/mol. The van der Waals surface area contributed by atoms with Crippen LogP contribution in [0.1, 0.15) is 6.92 Å². The molecule has 0 fully saturated rings. The minimum atomic E-state index is -0.698. The van der Waals surface area contributed by atoms with Crippen LogP contribution >= 0.6 is 23.2 Å². The van der Waals surface area contributed by atoms with E-state index < -0.39 is 23.0 Å². The lowest BCUT2D eigenvalue weighted by molar-refractivity contribution is -0.132. The summed E-state index contributed by atoms with van der Waals surface area (Å²) in [4.78, 5) is 23.5. The van der Waals surface area contributed by atoms with Gasteiger partial charge in [0.2, 0.25) is 5.75 Å². The van der Waals surface area contributed by atoms with E-state index in [4.69, 9.17) is 32.7 Å². The first-order valence-electron chi connectivity index (χ1n) is 7.45. The number of rotatable bonds is 3. The molecule has 3 rings (SSSR count). The van der Waals surface area contributed by atoms with Crippen LogP contribution in [-0.4, -0.2) is 15.6 Å². The highest BCUT2D eigenvalue weighted by Gasteiger charge is 2.18. The molecule has 8 heteroatoms. The van der Waals surface area contributed by atoms with Crippen molar-refractivity contribution in [2.75, 3.05) is 0 Å². The lowest BCUT2D eigenvalue weighted by Crippen LogP contribution is -2.21. The summed E-state index contributed by atoms with van der Waals surface area (Å²) in [5.41, 5.74) is -0.238. The molecule has 0 spiro atoms. The van der Waals surface area contributed by atoms with Crippen molar-refractivity contribution in [1.29, 1.82) is 0 Å². The largest absolute Gasteiger partial charge is 0.504 e. The van der Waals surface area contributed by atoms with Crippen molar-refractivity contribution in [1.82, 2.24) is 4.57 Å². The quantitative estimate of drug-likeness (QED) is 0.672. The van der Waals surface area contributed by atoms with Crippen LogP contribution in [0.3, 0.4) is 0 Å². The number of aromatic hydroxyl groups is 1. The van der Waals surface area contributed by atoms with E-state index in [2.05, 4.69) is 0 Å². The van der Waals surface area contributed by atoms with E-state index in [1.165, 1.54) is 11.6 Å². The number of pyridine rings is 1. The number of aryl methyl sites for hydroxylation is 1. The Balaban J connectivity index is 2.08. The van der Waals surface area contributed by atoms with Crippen LogP contribution in [-0.2, 0) is 11.8 Å². The van der Waals surface area contributed by atoms with Gasteiger partial charge in [0.05, 0.1) is 15.6 Å². The molecule has 0 unspecified atom stereocenters. The topological polar surface area (TPSA) is 77.8 Å². The molecule has 1 aromatic heterocycles. The number of carbonyl (C=O) groups excluding carboxylic acids is 1. The molecule has 134 valence electrons. The maximum atomic E-state index is 12.3. The predicted molar refractivity (Wildman–Crippen MR) is 98.7 cm³/mol. The van der Waals surface area contributed by atoms with Crippen LogP contribution in [0.2, 0.25) is 10.0 Å². The van der Waals surface area contributed by atoms with Crippen molar-refractivity contribution in [3.63, 3.8) is 0 Å². The van der Waals surface area contributed by atoms with E-state index in [9.17, 15) is 14.7 Å². The first-order valence-corrected chi connectivity index (χ1v) is 8.20. The molecule has 26 heavy (non-hydrogen) atoms. The first kappa shape index (κ1) is 18.1. The summed E-state index contributed by atoms with van der Waals surface area (Å²) in [5, 5.41) is 11.4. The van der Waals surface area contributed by atoms with Crippen LogP contribution in [0, 0.1) is 0 Å². The van der Waals surface area contributed by atoms with Gasteiger partial charge < -0.3 is 19.1 Å². The van der Waals surface area contributed by atoms with Gasteiger partial charge in [-0.05, 0) is 24.3 Å². The normalized spacial score (nSPS) is 10.8. The maximum absolute atomic E-state index is 12.3. The van der Waals surface area contributed by atoms with Gasteiger partial charge in [0.25, 0.3) is 5.56 Å². The Morgan fingerprint density at radius 1 is 1.08 bits per heavy atom. The van der Waals surface area contributed by atoms with Gasteiger partial charge in [-0.15, -0.1) is 0 Å². The zero-order valence-electron chi connectivity index (χ0n) is 13.7. The van der Waals surface area contributed by atoms with Crippen molar-refractivity contribution in [2.45, 2.75) is 6.92 Å². The molecular formula is C18H13Cl2NO5. The molecule has 0 aliphatic rings. The number of fused-ring (bicyclic) bond motifs is 1. The van der Waals surface area contributed by atoms with Crippen molar-refractivity contribution < 1.29 is 19.4 Å². The fourth-order valence-electron chi connectivity index (χ4n) is 2.45. The summed E-state index contributed by atoms with van der Waals surface area (Å²) >= 11 is 11.8. The van der Waals surface area contributed by atoms with Crippen molar-refractivity contribution in [3.8, 4) is 23.0 Å². The minimum absolute atomic E-state index is 0.338. The summed E-state index contributed by atoms with van der Waals surface area (Å²) in [6, 6.07) is 9.56. The van der Waals surface area contributed by atoms with Gasteiger partial charge in [-0.2, -0.15) is 0 Å². The maximum Gasteiger partial charge on any atom is 0.308 e. The number of hydrogen-bond donors (Lipinski definition) is 1. The Morgan fingerprint density at radius 3 is 2.38 bits per heavy atom. The number of halogens is 2. The van der Waals surface area contributed by atoms with Crippen molar-refractivity contribution in [2.24, 2.45) is 7.05 Å². The number of aromatic nitrogens is 1. The Morgan fingerprint density at radius 2 is 1.73 bits per heavy atom. The van der Waals surface area contributed by atoms with Crippen LogP contribution in [0.15, 0.2) is 41.2 Å². The molecule has 1 N–H and O–H groups in total. The van der Waals surface area contributed by atoms with Gasteiger partial charge in [0, 0.05) is 31.5 Å². The molecule has 0 bridgehead atoms. The molecular weight excluding hydrogens is 381 g/mol. The summed E-state index contributed by atoms with van der Waals surface area (Å²) in [6.45, 7) is 1.15. The van der Waals surface area contributed by atoms with Crippen LogP contribution in [0.5, 0.6) is 23.0 Å². The Labute approximate surface area is 158 Å². The third kappa shape index (κ3) is 3.34. The number of benzene rings is 2. The summed E-state index contributed by atoms with van der Waals surface area (Å²) in [6.07, 6.45) is 0. The molecule has 0 aliphatic carbocycles. The molecule has 0 amide bonds. The highest BCUT2D eigenvalue weighted by Crippen LogP contribution is 2.35. The zero-order chi connectivity index (χ0) is 19.0. The summed E-state index contributed by atoms with van der Waals surface area (Å²) in [5.74, 6) is -0.628. The summed E-state index contributed by atoms with van der Waals surface area (Å²) < 4.78 is 11.8. The Kier molecular flexibility index (Phi) is 4.80. The van der Waals surface area contributed by atoms with Gasteiger partial charge in [-0.25, -0.2) is 0 Å². The highest BCUT2D eigenvalue weighted by atomic mass is 35.5. The van der Waals surface area contributed by atoms with Crippen molar-refractivity contribution >= 4 is 40.1 Å². The number of carbonyl (C=O) groups is 1. The average molecular weight is 394 g/mol. The van der Waals surface area contributed by atoms with Crippen LogP contribution in [0.4, 0.5) is 0 Å². The van der Waals surface area contributed by atoms with Crippen LogP contribution in [0.25, 0.3) is 10.9 Å². The van der Waals surface area contributed by atoms with E-state index in [0.717, 1.165) is 6.92 Å². The predicted octanol–water partition coefficient (Wildman–Crippen LogP) is 4.27. The third-order valence-electron chi connectivity index (χ3n) is 3.67. The van der Waals surface area contributed by atoms with Gasteiger partial charge in [-0.3, -0.25) is 9.59 Å². The lowest BCUT2D eigenvalue weighted by Gasteiger charge is -2.13. The number of esters is 1. The van der Waals surface area contributed by atoms with Gasteiger partial charge in [0.1, 0.15) is 11.5 Å². The zero-order valence-corrected chi connectivity index (χ0v) is 15.3. The molecule has 3 aromatic rings. The second-order valence-electron chi connectivity index (χ2n) is 5.49. The van der Waals surface area contributed by atoms with E-state index in [1.54, 1.807) is 36.4 Å². The van der Waals surface area contributed by atoms with Gasteiger partial charge >= 0.3 is 5.97 Å². The molecule has 0 aliphatic heterocycles. The average Bonchev–Trinajstić information content (AvgIpc) is 2.60. The lowest BCUT2D eigenvalue weighted by atomic mass is 10.1. The molecule has 0 saturated heterocycles. The standard InChI is InChI=1S/C18H13Cl2NO5/c1-9(22)25-17-16(23)12-5-3-11(8-15(12)21(2)18(17)24)26-10-4-6-13(19)14(20)7-10/h3-8,23H,1-2H3. The fourth-order valence-corrected chi connectivity index (χ4v) is 2.74. The molecule has 2 aromatic carbocycles. The van der Waals surface area contributed by atoms with Gasteiger partial charge in [0.15, 0.2) is 5.75 Å². The molecule has 1 heterocycles. The number of nitrogens with zero attached hydrogens (tertiary/aromatic N) is 1. The first-order chi connectivity index (χ1) is 12.3. The fraction of sp³-hybridized carbons (Fsp3) is 0.111. The van der Waals surface area contributed by atoms with Crippen LogP contribution < -0.4 is 15.0 Å². The smallest absolute Gasteiger partial charge is 0.308 e. The Hall–Kier alpha value is -2.70. The number of ether oxygens (including phenoxy) is 2. The van der Waals surface area contributed by atoms with E-state index >= 15 is 0 Å². The second kappa shape index (κ2) is 6.90. The summed E-state index contributed by atoms with van der Waals surface area (Å²) in [7, 11) is 1.50. The van der Waals surface area contributed by atoms with E-state index in [1.807, 2.05) is 0 Å². The second-order valence-corrected chi connectivity index (χ2v) is 6.31. The molecule has 0 radical (unpaired) electrons. The van der Waals surface area contributed by atoms with E-state index in [0.29, 0.717) is 32.4 Å². The minimum Gasteiger partial charge on any atom is -0.504 e. The molecule has 0 atom stereocenters. The molecule has 0 saturated carbocycles. The van der Waals surface area contributed by atoms with Crippen molar-refractivity contribution in [3.05, 3.63) is 56.8 Å². The highest BCUT2D eigenvalue weighted by molar-refractivity contribution is 6.42. The van der Waals surface area contributed by atoms with E-state index in [-0.39, 0.29) is 0 Å².